The molecule has 0 aliphatic carbocycles. The monoisotopic (exact) mass is 347 g/mol. The highest BCUT2D eigenvalue weighted by Crippen LogP contribution is 2.23. The van der Waals surface area contributed by atoms with Gasteiger partial charge in [-0.05, 0) is 42.5 Å². The molecule has 0 amide bonds. The number of allylic oxidation sites excluding steroid dienone is 1. The van der Waals surface area contributed by atoms with Crippen molar-refractivity contribution in [3.05, 3.63) is 65.7 Å². The smallest absolute Gasteiger partial charge is 0.478 e. The van der Waals surface area contributed by atoms with Gasteiger partial charge in [0.1, 0.15) is 17.6 Å². The zero-order chi connectivity index (χ0) is 18.3. The van der Waals surface area contributed by atoms with Crippen LogP contribution in [-0.4, -0.2) is 18.8 Å². The number of carbonyl (C=O) groups is 1. The van der Waals surface area contributed by atoms with Crippen LogP contribution in [0.4, 0.5) is 13.2 Å². The fraction of sp³-hybridized carbons (Fsp3) is 0.111. The zero-order valence-electron chi connectivity index (χ0n) is 12.8. The average Bonchev–Trinajstić information content (AvgIpc) is 2.57. The summed E-state index contributed by atoms with van der Waals surface area (Å²) in [5.41, 5.74) is 0.810. The number of rotatable bonds is 6. The summed E-state index contributed by atoms with van der Waals surface area (Å²) in [5.74, 6) is -0.348. The number of para-hydroxylation sites is 1. The zero-order valence-corrected chi connectivity index (χ0v) is 12.8. The van der Waals surface area contributed by atoms with E-state index in [0.717, 1.165) is 12.1 Å². The van der Waals surface area contributed by atoms with Crippen molar-refractivity contribution in [1.82, 2.24) is 0 Å². The second-order valence-corrected chi connectivity index (χ2v) is 4.75. The van der Waals surface area contributed by atoms with Gasteiger partial charge in [-0.1, -0.05) is 18.2 Å². The number of ether oxygens (including phenoxy) is 2. The summed E-state index contributed by atoms with van der Waals surface area (Å²) in [7, 11) is 0. The Bertz CT molecular complexity index is 806. The van der Waals surface area contributed by atoms with E-state index in [0.29, 0.717) is 11.3 Å². The third-order valence-corrected chi connectivity index (χ3v) is 3.00. The minimum Gasteiger partial charge on any atom is -0.478 e. The molecule has 0 fully saturated rings. The number of alkyl halides is 3. The van der Waals surface area contributed by atoms with Gasteiger partial charge in [-0.15, -0.1) is 13.2 Å². The van der Waals surface area contributed by atoms with Gasteiger partial charge in [-0.25, -0.2) is 0 Å². The summed E-state index contributed by atoms with van der Waals surface area (Å²) < 4.78 is 45.3. The van der Waals surface area contributed by atoms with Crippen LogP contribution in [0.15, 0.2) is 54.6 Å². The maximum absolute atomic E-state index is 12.1. The summed E-state index contributed by atoms with van der Waals surface area (Å²) in [6, 6.07) is 13.3. The molecule has 7 heteroatoms. The Labute approximate surface area is 141 Å². The summed E-state index contributed by atoms with van der Waals surface area (Å²) >= 11 is 0. The Morgan fingerprint density at radius 2 is 1.80 bits per heavy atom. The van der Waals surface area contributed by atoms with Crippen molar-refractivity contribution in [3.63, 3.8) is 0 Å². The van der Waals surface area contributed by atoms with Crippen LogP contribution in [0.2, 0.25) is 0 Å². The molecule has 25 heavy (non-hydrogen) atoms. The first kappa shape index (κ1) is 18.1. The van der Waals surface area contributed by atoms with E-state index in [4.69, 9.17) is 10.00 Å². The van der Waals surface area contributed by atoms with Gasteiger partial charge >= 0.3 is 6.36 Å². The molecular formula is C18H12F3NO3. The molecule has 0 aliphatic heterocycles. The second-order valence-electron chi connectivity index (χ2n) is 4.75. The second kappa shape index (κ2) is 8.02. The molecule has 0 heterocycles. The minimum absolute atomic E-state index is 0.126. The lowest BCUT2D eigenvalue weighted by atomic mass is 10.1. The third kappa shape index (κ3) is 5.70. The third-order valence-electron chi connectivity index (χ3n) is 3.00. The number of benzene rings is 2. The van der Waals surface area contributed by atoms with Gasteiger partial charge < -0.3 is 9.47 Å². The molecule has 2 aromatic carbocycles. The quantitative estimate of drug-likeness (QED) is 0.575. The van der Waals surface area contributed by atoms with Crippen LogP contribution in [0.25, 0.3) is 6.08 Å². The molecule has 128 valence electrons. The van der Waals surface area contributed by atoms with Gasteiger partial charge in [0.15, 0.2) is 12.4 Å². The molecule has 2 rings (SSSR count). The van der Waals surface area contributed by atoms with Crippen LogP contribution in [-0.2, 0) is 0 Å². The fourth-order valence-electron chi connectivity index (χ4n) is 1.94. The van der Waals surface area contributed by atoms with E-state index in [1.807, 2.05) is 6.07 Å². The molecule has 0 spiro atoms. The van der Waals surface area contributed by atoms with Gasteiger partial charge in [0, 0.05) is 11.1 Å². The maximum Gasteiger partial charge on any atom is 0.573 e. The maximum atomic E-state index is 12.1. The molecule has 0 bridgehead atoms. The fourth-order valence-corrected chi connectivity index (χ4v) is 1.94. The highest BCUT2D eigenvalue weighted by Gasteiger charge is 2.30. The molecular weight excluding hydrogens is 335 g/mol. The first-order valence-electron chi connectivity index (χ1n) is 7.06. The van der Waals surface area contributed by atoms with Crippen molar-refractivity contribution >= 4 is 11.9 Å². The molecule has 0 saturated carbocycles. The highest BCUT2D eigenvalue weighted by atomic mass is 19.4. The number of nitrogens with zero attached hydrogens (tertiary/aromatic N) is 1. The van der Waals surface area contributed by atoms with Crippen LogP contribution in [0.1, 0.15) is 15.9 Å². The van der Waals surface area contributed by atoms with Crippen molar-refractivity contribution in [2.45, 2.75) is 6.36 Å². The minimum atomic E-state index is -4.78. The first-order valence-corrected chi connectivity index (χ1v) is 7.06. The van der Waals surface area contributed by atoms with E-state index >= 15 is 0 Å². The number of carbonyl (C=O) groups excluding carboxylic acids is 1. The summed E-state index contributed by atoms with van der Waals surface area (Å²) in [6.07, 6.45) is -2.00. The summed E-state index contributed by atoms with van der Waals surface area (Å²) in [6.45, 7) is -0.126. The number of hydrogen-bond acceptors (Lipinski definition) is 4. The van der Waals surface area contributed by atoms with Crippen molar-refractivity contribution in [1.29, 1.82) is 5.26 Å². The predicted octanol–water partition coefficient (Wildman–Crippen LogP) is 4.38. The van der Waals surface area contributed by atoms with E-state index in [1.54, 1.807) is 24.3 Å². The number of ketones is 1. The van der Waals surface area contributed by atoms with Crippen molar-refractivity contribution in [2.75, 3.05) is 6.61 Å². The van der Waals surface area contributed by atoms with Crippen LogP contribution in [0, 0.1) is 11.3 Å². The lowest BCUT2D eigenvalue weighted by molar-refractivity contribution is -0.274. The highest BCUT2D eigenvalue weighted by molar-refractivity contribution is 6.07. The molecule has 2 aromatic rings. The molecule has 0 aliphatic rings. The number of hydrogen-bond donors (Lipinski definition) is 0. The van der Waals surface area contributed by atoms with Gasteiger partial charge in [-0.3, -0.25) is 4.79 Å². The topological polar surface area (TPSA) is 59.3 Å². The molecule has 0 unspecified atom stereocenters. The molecule has 0 aromatic heterocycles. The number of nitriles is 1. The Hall–Kier alpha value is -3.27. The Kier molecular flexibility index (Phi) is 5.79. The normalized spacial score (nSPS) is 11.1. The largest absolute Gasteiger partial charge is 0.573 e. The van der Waals surface area contributed by atoms with Crippen molar-refractivity contribution in [2.24, 2.45) is 0 Å². The summed E-state index contributed by atoms with van der Waals surface area (Å²) in [5, 5.41) is 8.55. The Morgan fingerprint density at radius 3 is 2.44 bits per heavy atom. The van der Waals surface area contributed by atoms with Gasteiger partial charge in [0.25, 0.3) is 0 Å². The molecule has 0 radical (unpaired) electrons. The van der Waals surface area contributed by atoms with E-state index in [1.165, 1.54) is 24.3 Å². The van der Waals surface area contributed by atoms with Crippen LogP contribution >= 0.6 is 0 Å². The van der Waals surface area contributed by atoms with Gasteiger partial charge in [0.05, 0.1) is 0 Å². The first-order chi connectivity index (χ1) is 11.9. The lowest BCUT2D eigenvalue weighted by Gasteiger charge is -2.08. The van der Waals surface area contributed by atoms with E-state index in [2.05, 4.69) is 4.74 Å². The molecule has 0 N–H and O–H groups in total. The molecule has 0 saturated heterocycles. The average molecular weight is 347 g/mol. The van der Waals surface area contributed by atoms with Crippen molar-refractivity contribution < 1.29 is 27.4 Å². The van der Waals surface area contributed by atoms with Crippen LogP contribution in [0.3, 0.4) is 0 Å². The van der Waals surface area contributed by atoms with Gasteiger partial charge in [0.2, 0.25) is 0 Å². The Balaban J connectivity index is 2.09. The summed E-state index contributed by atoms with van der Waals surface area (Å²) in [4.78, 5) is 12.1. The number of halogens is 3. The predicted molar refractivity (Wildman–Crippen MR) is 84.0 cm³/mol. The van der Waals surface area contributed by atoms with Gasteiger partial charge in [-0.2, -0.15) is 5.26 Å². The van der Waals surface area contributed by atoms with Crippen LogP contribution < -0.4 is 9.47 Å². The SMILES string of the molecule is N#CCOc1ccccc1/C=C/C(=O)c1ccc(OC(F)(F)F)cc1. The molecule has 4 nitrogen and oxygen atoms in total. The molecule has 0 atom stereocenters. The Morgan fingerprint density at radius 1 is 1.12 bits per heavy atom. The van der Waals surface area contributed by atoms with E-state index in [9.17, 15) is 18.0 Å². The van der Waals surface area contributed by atoms with Crippen molar-refractivity contribution in [3.8, 4) is 17.6 Å². The van der Waals surface area contributed by atoms with E-state index in [-0.39, 0.29) is 12.2 Å². The standard InChI is InChI=1S/C18H12F3NO3/c19-18(20,21)25-15-8-5-13(6-9-15)16(23)10-7-14-3-1-2-4-17(14)24-12-11-22/h1-10H,12H2/b10-7+. The van der Waals surface area contributed by atoms with E-state index < -0.39 is 17.9 Å². The van der Waals surface area contributed by atoms with Crippen LogP contribution in [0.5, 0.6) is 11.5 Å². The lowest BCUT2D eigenvalue weighted by Crippen LogP contribution is -2.17.